The maximum Gasteiger partial charge on any atom is 0.00682 e. The summed E-state index contributed by atoms with van der Waals surface area (Å²) in [5.41, 5.74) is 0. The second kappa shape index (κ2) is 7.24. The van der Waals surface area contributed by atoms with Crippen molar-refractivity contribution in [3.8, 4) is 0 Å². The van der Waals surface area contributed by atoms with E-state index in [-0.39, 0.29) is 0 Å². The summed E-state index contributed by atoms with van der Waals surface area (Å²) in [7, 11) is 0. The van der Waals surface area contributed by atoms with E-state index in [1.165, 1.54) is 58.3 Å². The minimum absolute atomic E-state index is 0.887. The van der Waals surface area contributed by atoms with Gasteiger partial charge in [0, 0.05) is 6.04 Å². The second-order valence-electron chi connectivity index (χ2n) is 4.32. The average molecular weight is 198 g/mol. The van der Waals surface area contributed by atoms with Crippen LogP contribution >= 0.6 is 0 Å². The predicted molar refractivity (Wildman–Crippen MR) is 62.7 cm³/mol. The molecule has 0 aromatic heterocycles. The van der Waals surface area contributed by atoms with Crippen molar-refractivity contribution in [2.24, 2.45) is 0 Å². The van der Waals surface area contributed by atoms with Crippen molar-refractivity contribution in [2.75, 3.05) is 26.2 Å². The van der Waals surface area contributed by atoms with Gasteiger partial charge in [-0.25, -0.2) is 0 Å². The van der Waals surface area contributed by atoms with Crippen molar-refractivity contribution >= 4 is 0 Å². The lowest BCUT2D eigenvalue weighted by Crippen LogP contribution is -2.24. The van der Waals surface area contributed by atoms with Gasteiger partial charge in [0.25, 0.3) is 0 Å². The first-order chi connectivity index (χ1) is 6.86. The Morgan fingerprint density at radius 3 is 2.36 bits per heavy atom. The molecule has 0 heterocycles. The molecule has 1 aliphatic carbocycles. The standard InChI is InChI=1S/C12H26N2/c1-3-14(4-2)11-7-5-6-10-13-12-8-9-12/h12-13H,3-11H2,1-2H3. The van der Waals surface area contributed by atoms with Crippen LogP contribution in [0.15, 0.2) is 0 Å². The molecule has 1 N–H and O–H groups in total. The van der Waals surface area contributed by atoms with Crippen LogP contribution in [0.25, 0.3) is 0 Å². The van der Waals surface area contributed by atoms with Gasteiger partial charge >= 0.3 is 0 Å². The van der Waals surface area contributed by atoms with E-state index in [2.05, 4.69) is 24.1 Å². The SMILES string of the molecule is CCN(CC)CCCCCNC1CC1. The summed E-state index contributed by atoms with van der Waals surface area (Å²) in [4.78, 5) is 2.51. The Kier molecular flexibility index (Phi) is 6.20. The fraction of sp³-hybridized carbons (Fsp3) is 1.00. The van der Waals surface area contributed by atoms with Crippen LogP contribution in [-0.4, -0.2) is 37.1 Å². The molecule has 0 aromatic carbocycles. The van der Waals surface area contributed by atoms with Gasteiger partial charge in [0.15, 0.2) is 0 Å². The minimum Gasteiger partial charge on any atom is -0.314 e. The molecule has 0 amide bonds. The summed E-state index contributed by atoms with van der Waals surface area (Å²) in [6, 6.07) is 0.887. The minimum atomic E-state index is 0.887. The monoisotopic (exact) mass is 198 g/mol. The average Bonchev–Trinajstić information content (AvgIpc) is 3.01. The van der Waals surface area contributed by atoms with Gasteiger partial charge in [-0.15, -0.1) is 0 Å². The third kappa shape index (κ3) is 5.61. The topological polar surface area (TPSA) is 15.3 Å². The molecule has 0 aromatic rings. The fourth-order valence-electron chi connectivity index (χ4n) is 1.77. The zero-order valence-corrected chi connectivity index (χ0v) is 9.89. The molecule has 2 heteroatoms. The molecule has 0 radical (unpaired) electrons. The summed E-state index contributed by atoms with van der Waals surface area (Å²) in [6.45, 7) is 9.43. The van der Waals surface area contributed by atoms with E-state index in [1.54, 1.807) is 0 Å². The largest absolute Gasteiger partial charge is 0.314 e. The molecular weight excluding hydrogens is 172 g/mol. The van der Waals surface area contributed by atoms with Crippen LogP contribution in [0.4, 0.5) is 0 Å². The highest BCUT2D eigenvalue weighted by molar-refractivity contribution is 4.80. The van der Waals surface area contributed by atoms with Crippen molar-refractivity contribution in [1.82, 2.24) is 10.2 Å². The number of nitrogens with one attached hydrogen (secondary N) is 1. The molecular formula is C12H26N2. The molecule has 1 saturated carbocycles. The van der Waals surface area contributed by atoms with E-state index >= 15 is 0 Å². The molecule has 0 spiro atoms. The number of unbranched alkanes of at least 4 members (excludes halogenated alkanes) is 2. The Labute approximate surface area is 89.1 Å². The van der Waals surface area contributed by atoms with Crippen molar-refractivity contribution in [1.29, 1.82) is 0 Å². The van der Waals surface area contributed by atoms with Crippen LogP contribution in [0.5, 0.6) is 0 Å². The second-order valence-corrected chi connectivity index (χ2v) is 4.32. The van der Waals surface area contributed by atoms with E-state index in [0.717, 1.165) is 6.04 Å². The maximum absolute atomic E-state index is 3.56. The summed E-state index contributed by atoms with van der Waals surface area (Å²) in [5, 5.41) is 3.56. The van der Waals surface area contributed by atoms with Gasteiger partial charge in [0.2, 0.25) is 0 Å². The Balaban J connectivity index is 1.78. The molecule has 0 saturated heterocycles. The lowest BCUT2D eigenvalue weighted by atomic mass is 10.2. The summed E-state index contributed by atoms with van der Waals surface area (Å²) >= 11 is 0. The number of rotatable bonds is 9. The zero-order chi connectivity index (χ0) is 10.2. The summed E-state index contributed by atoms with van der Waals surface area (Å²) in [6.07, 6.45) is 6.95. The Morgan fingerprint density at radius 1 is 1.07 bits per heavy atom. The molecule has 0 unspecified atom stereocenters. The highest BCUT2D eigenvalue weighted by Gasteiger charge is 2.19. The molecule has 1 fully saturated rings. The van der Waals surface area contributed by atoms with Gasteiger partial charge in [-0.05, 0) is 51.9 Å². The van der Waals surface area contributed by atoms with E-state index in [9.17, 15) is 0 Å². The Bertz CT molecular complexity index is 128. The molecule has 0 bridgehead atoms. The quantitative estimate of drug-likeness (QED) is 0.572. The van der Waals surface area contributed by atoms with E-state index in [1.807, 2.05) is 0 Å². The first-order valence-corrected chi connectivity index (χ1v) is 6.32. The van der Waals surface area contributed by atoms with E-state index in [0.29, 0.717) is 0 Å². The number of hydrogen-bond acceptors (Lipinski definition) is 2. The van der Waals surface area contributed by atoms with Crippen molar-refractivity contribution < 1.29 is 0 Å². The van der Waals surface area contributed by atoms with Crippen LogP contribution in [-0.2, 0) is 0 Å². The molecule has 0 aliphatic heterocycles. The van der Waals surface area contributed by atoms with Gasteiger partial charge in [0.1, 0.15) is 0 Å². The smallest absolute Gasteiger partial charge is 0.00682 e. The van der Waals surface area contributed by atoms with Crippen LogP contribution in [0.1, 0.15) is 46.0 Å². The summed E-state index contributed by atoms with van der Waals surface area (Å²) in [5.74, 6) is 0. The van der Waals surface area contributed by atoms with Gasteiger partial charge in [-0.3, -0.25) is 0 Å². The van der Waals surface area contributed by atoms with Crippen LogP contribution in [0, 0.1) is 0 Å². The van der Waals surface area contributed by atoms with E-state index < -0.39 is 0 Å². The van der Waals surface area contributed by atoms with Gasteiger partial charge in [-0.1, -0.05) is 20.3 Å². The number of hydrogen-bond donors (Lipinski definition) is 1. The Hall–Kier alpha value is -0.0800. The lowest BCUT2D eigenvalue weighted by molar-refractivity contribution is 0.295. The first-order valence-electron chi connectivity index (χ1n) is 6.32. The van der Waals surface area contributed by atoms with E-state index in [4.69, 9.17) is 0 Å². The predicted octanol–water partition coefficient (Wildman–Crippen LogP) is 2.25. The maximum atomic E-state index is 3.56. The van der Waals surface area contributed by atoms with Crippen LogP contribution in [0.3, 0.4) is 0 Å². The highest BCUT2D eigenvalue weighted by atomic mass is 15.1. The van der Waals surface area contributed by atoms with Gasteiger partial charge < -0.3 is 10.2 Å². The zero-order valence-electron chi connectivity index (χ0n) is 9.89. The molecule has 2 nitrogen and oxygen atoms in total. The normalized spacial score (nSPS) is 16.5. The third-order valence-electron chi connectivity index (χ3n) is 3.06. The van der Waals surface area contributed by atoms with Gasteiger partial charge in [0.05, 0.1) is 0 Å². The van der Waals surface area contributed by atoms with Crippen LogP contribution < -0.4 is 5.32 Å². The molecule has 0 atom stereocenters. The van der Waals surface area contributed by atoms with Crippen molar-refractivity contribution in [2.45, 2.75) is 52.0 Å². The van der Waals surface area contributed by atoms with Crippen molar-refractivity contribution in [3.05, 3.63) is 0 Å². The number of nitrogens with zero attached hydrogens (tertiary/aromatic N) is 1. The summed E-state index contributed by atoms with van der Waals surface area (Å²) < 4.78 is 0. The fourth-order valence-corrected chi connectivity index (χ4v) is 1.77. The lowest BCUT2D eigenvalue weighted by Gasteiger charge is -2.17. The Morgan fingerprint density at radius 2 is 1.79 bits per heavy atom. The van der Waals surface area contributed by atoms with Crippen LogP contribution in [0.2, 0.25) is 0 Å². The third-order valence-corrected chi connectivity index (χ3v) is 3.06. The first kappa shape index (κ1) is 12.0. The van der Waals surface area contributed by atoms with Gasteiger partial charge in [-0.2, -0.15) is 0 Å². The molecule has 14 heavy (non-hydrogen) atoms. The molecule has 84 valence electrons. The molecule has 1 rings (SSSR count). The highest BCUT2D eigenvalue weighted by Crippen LogP contribution is 2.18. The van der Waals surface area contributed by atoms with Crippen molar-refractivity contribution in [3.63, 3.8) is 0 Å². The molecule has 1 aliphatic rings.